The van der Waals surface area contributed by atoms with Gasteiger partial charge < -0.3 is 19.7 Å². The van der Waals surface area contributed by atoms with E-state index in [4.69, 9.17) is 4.74 Å². The highest BCUT2D eigenvalue weighted by molar-refractivity contribution is 5.93. The number of fused-ring (bicyclic) bond motifs is 1. The van der Waals surface area contributed by atoms with E-state index in [1.54, 1.807) is 13.1 Å². The molecule has 0 fully saturated rings. The maximum atomic E-state index is 12.7. The van der Waals surface area contributed by atoms with Crippen molar-refractivity contribution >= 4 is 5.91 Å². The standard InChI is InChI=1S/C17H20F2N4O3/c1-23(16(24)15-11-8-20-6-5-12(11)21-22-15)9-10-3-4-13(25-2)14(7-10)26-17(18)19/h3-4,7,17,20H,5-6,8-9H2,1-2H3,(H,21,22). The van der Waals surface area contributed by atoms with E-state index in [0.29, 0.717) is 17.8 Å². The first-order chi connectivity index (χ1) is 12.5. The second-order valence-electron chi connectivity index (χ2n) is 5.98. The van der Waals surface area contributed by atoms with Crippen molar-refractivity contribution in [3.63, 3.8) is 0 Å². The van der Waals surface area contributed by atoms with E-state index in [0.717, 1.165) is 24.2 Å². The summed E-state index contributed by atoms with van der Waals surface area (Å²) in [6.07, 6.45) is 0.798. The van der Waals surface area contributed by atoms with Crippen LogP contribution >= 0.6 is 0 Å². The molecule has 0 spiro atoms. The first-order valence-electron chi connectivity index (χ1n) is 8.13. The van der Waals surface area contributed by atoms with Crippen LogP contribution < -0.4 is 14.8 Å². The Hall–Kier alpha value is -2.68. The molecule has 140 valence electrons. The number of nitrogens with one attached hydrogen (secondary N) is 2. The van der Waals surface area contributed by atoms with Gasteiger partial charge in [-0.05, 0) is 17.7 Å². The van der Waals surface area contributed by atoms with Crippen molar-refractivity contribution in [2.24, 2.45) is 0 Å². The van der Waals surface area contributed by atoms with Crippen LogP contribution in [0.1, 0.15) is 27.3 Å². The highest BCUT2D eigenvalue weighted by Crippen LogP contribution is 2.30. The molecule has 1 aromatic heterocycles. The molecule has 1 aliphatic rings. The predicted molar refractivity (Wildman–Crippen MR) is 89.4 cm³/mol. The smallest absolute Gasteiger partial charge is 0.387 e. The van der Waals surface area contributed by atoms with Crippen molar-refractivity contribution in [2.75, 3.05) is 20.7 Å². The molecule has 2 heterocycles. The van der Waals surface area contributed by atoms with E-state index in [1.807, 2.05) is 0 Å². The molecule has 0 bridgehead atoms. The molecule has 0 unspecified atom stereocenters. The number of amides is 1. The Kier molecular flexibility index (Phi) is 5.36. The molecule has 9 heteroatoms. The number of benzene rings is 1. The molecule has 0 radical (unpaired) electrons. The molecule has 2 N–H and O–H groups in total. The summed E-state index contributed by atoms with van der Waals surface area (Å²) in [7, 11) is 3.01. The Morgan fingerprint density at radius 2 is 2.19 bits per heavy atom. The monoisotopic (exact) mass is 366 g/mol. The molecule has 0 atom stereocenters. The van der Waals surface area contributed by atoms with Crippen molar-refractivity contribution < 1.29 is 23.0 Å². The number of hydrogen-bond donors (Lipinski definition) is 2. The lowest BCUT2D eigenvalue weighted by Crippen LogP contribution is -2.30. The number of halogens is 2. The first-order valence-corrected chi connectivity index (χ1v) is 8.13. The normalized spacial score (nSPS) is 13.4. The minimum atomic E-state index is -2.96. The molecule has 1 aromatic carbocycles. The second-order valence-corrected chi connectivity index (χ2v) is 5.98. The van der Waals surface area contributed by atoms with Gasteiger partial charge in [0.2, 0.25) is 0 Å². The molecule has 0 saturated carbocycles. The topological polar surface area (TPSA) is 79.5 Å². The van der Waals surface area contributed by atoms with Gasteiger partial charge in [0.1, 0.15) is 0 Å². The Morgan fingerprint density at radius 3 is 2.92 bits per heavy atom. The number of alkyl halides is 2. The van der Waals surface area contributed by atoms with E-state index in [2.05, 4.69) is 20.3 Å². The van der Waals surface area contributed by atoms with Crippen molar-refractivity contribution in [1.29, 1.82) is 0 Å². The van der Waals surface area contributed by atoms with Crippen LogP contribution in [0.5, 0.6) is 11.5 Å². The van der Waals surface area contributed by atoms with Gasteiger partial charge in [0.15, 0.2) is 17.2 Å². The van der Waals surface area contributed by atoms with Crippen LogP contribution in [0.15, 0.2) is 18.2 Å². The van der Waals surface area contributed by atoms with E-state index < -0.39 is 6.61 Å². The first kappa shape index (κ1) is 18.1. The van der Waals surface area contributed by atoms with Crippen LogP contribution in [0.25, 0.3) is 0 Å². The van der Waals surface area contributed by atoms with Gasteiger partial charge in [-0.2, -0.15) is 13.9 Å². The summed E-state index contributed by atoms with van der Waals surface area (Å²) in [5.41, 5.74) is 2.87. The van der Waals surface area contributed by atoms with Gasteiger partial charge >= 0.3 is 6.61 Å². The summed E-state index contributed by atoms with van der Waals surface area (Å²) < 4.78 is 34.6. The SMILES string of the molecule is COc1ccc(CN(C)C(=O)c2n[nH]c3c2CNCC3)cc1OC(F)F. The number of carbonyl (C=O) groups is 1. The lowest BCUT2D eigenvalue weighted by Gasteiger charge is -2.19. The van der Waals surface area contributed by atoms with Gasteiger partial charge in [-0.3, -0.25) is 9.89 Å². The molecular formula is C17H20F2N4O3. The number of aromatic nitrogens is 2. The largest absolute Gasteiger partial charge is 0.493 e. The Balaban J connectivity index is 1.76. The van der Waals surface area contributed by atoms with Crippen molar-refractivity contribution in [2.45, 2.75) is 26.1 Å². The van der Waals surface area contributed by atoms with Crippen LogP contribution in [-0.2, 0) is 19.5 Å². The summed E-state index contributed by atoms with van der Waals surface area (Å²) in [6, 6.07) is 4.67. The van der Waals surface area contributed by atoms with Gasteiger partial charge in [-0.25, -0.2) is 0 Å². The van der Waals surface area contributed by atoms with Crippen molar-refractivity contribution in [3.05, 3.63) is 40.7 Å². The van der Waals surface area contributed by atoms with Crippen molar-refractivity contribution in [1.82, 2.24) is 20.4 Å². The van der Waals surface area contributed by atoms with Gasteiger partial charge in [-0.15, -0.1) is 0 Å². The third kappa shape index (κ3) is 3.77. The molecule has 26 heavy (non-hydrogen) atoms. The van der Waals surface area contributed by atoms with E-state index in [-0.39, 0.29) is 24.0 Å². The summed E-state index contributed by atoms with van der Waals surface area (Å²) >= 11 is 0. The van der Waals surface area contributed by atoms with Gasteiger partial charge in [0.05, 0.1) is 7.11 Å². The fraction of sp³-hybridized carbons (Fsp3) is 0.412. The van der Waals surface area contributed by atoms with E-state index in [9.17, 15) is 13.6 Å². The molecule has 0 aliphatic carbocycles. The number of ether oxygens (including phenoxy) is 2. The lowest BCUT2D eigenvalue weighted by molar-refractivity contribution is -0.0512. The zero-order valence-corrected chi connectivity index (χ0v) is 14.5. The van der Waals surface area contributed by atoms with Crippen LogP contribution in [0, 0.1) is 0 Å². The third-order valence-electron chi connectivity index (χ3n) is 4.22. The van der Waals surface area contributed by atoms with E-state index in [1.165, 1.54) is 24.1 Å². The molecule has 2 aromatic rings. The molecule has 1 aliphatic heterocycles. The molecule has 3 rings (SSSR count). The average Bonchev–Trinajstić information content (AvgIpc) is 3.05. The number of rotatable bonds is 6. The quantitative estimate of drug-likeness (QED) is 0.817. The molecule has 1 amide bonds. The minimum Gasteiger partial charge on any atom is -0.493 e. The Bertz CT molecular complexity index is 794. The molecular weight excluding hydrogens is 346 g/mol. The molecule has 0 saturated heterocycles. The number of methoxy groups -OCH3 is 1. The minimum absolute atomic E-state index is 0.0674. The predicted octanol–water partition coefficient (Wildman–Crippen LogP) is 1.94. The number of H-pyrrole nitrogens is 1. The van der Waals surface area contributed by atoms with Crippen LogP contribution in [0.2, 0.25) is 0 Å². The maximum absolute atomic E-state index is 12.7. The zero-order valence-electron chi connectivity index (χ0n) is 14.5. The Morgan fingerprint density at radius 1 is 1.38 bits per heavy atom. The average molecular weight is 366 g/mol. The molecule has 7 nitrogen and oxygen atoms in total. The summed E-state index contributed by atoms with van der Waals surface area (Å²) in [5, 5.41) is 10.3. The Labute approximate surface area is 149 Å². The number of carbonyl (C=O) groups excluding carboxylic acids is 1. The maximum Gasteiger partial charge on any atom is 0.387 e. The number of hydrogen-bond acceptors (Lipinski definition) is 5. The lowest BCUT2D eigenvalue weighted by atomic mass is 10.1. The van der Waals surface area contributed by atoms with E-state index >= 15 is 0 Å². The van der Waals surface area contributed by atoms with Crippen LogP contribution in [-0.4, -0.2) is 48.3 Å². The fourth-order valence-electron chi connectivity index (χ4n) is 2.94. The summed E-state index contributed by atoms with van der Waals surface area (Å²) in [4.78, 5) is 14.2. The highest BCUT2D eigenvalue weighted by atomic mass is 19.3. The summed E-state index contributed by atoms with van der Waals surface area (Å²) in [5.74, 6) is -0.101. The summed E-state index contributed by atoms with van der Waals surface area (Å²) in [6.45, 7) is -1.30. The van der Waals surface area contributed by atoms with Gasteiger partial charge in [0, 0.05) is 44.4 Å². The van der Waals surface area contributed by atoms with Crippen molar-refractivity contribution in [3.8, 4) is 11.5 Å². The number of aromatic amines is 1. The van der Waals surface area contributed by atoms with Crippen LogP contribution in [0.4, 0.5) is 8.78 Å². The fourth-order valence-corrected chi connectivity index (χ4v) is 2.94. The highest BCUT2D eigenvalue weighted by Gasteiger charge is 2.24. The van der Waals surface area contributed by atoms with Gasteiger partial charge in [0.25, 0.3) is 5.91 Å². The van der Waals surface area contributed by atoms with Crippen LogP contribution in [0.3, 0.4) is 0 Å². The third-order valence-corrected chi connectivity index (χ3v) is 4.22. The second kappa shape index (κ2) is 7.69. The number of nitrogens with zero attached hydrogens (tertiary/aromatic N) is 2. The zero-order chi connectivity index (χ0) is 18.7. The van der Waals surface area contributed by atoms with Gasteiger partial charge in [-0.1, -0.05) is 6.07 Å².